The summed E-state index contributed by atoms with van der Waals surface area (Å²) >= 11 is 0. The molecule has 0 heterocycles. The van der Waals surface area contributed by atoms with Gasteiger partial charge in [0.05, 0.1) is 6.10 Å². The summed E-state index contributed by atoms with van der Waals surface area (Å²) in [5, 5.41) is 9.45. The summed E-state index contributed by atoms with van der Waals surface area (Å²) in [4.78, 5) is 0. The van der Waals surface area contributed by atoms with Crippen molar-refractivity contribution in [3.8, 4) is 0 Å². The van der Waals surface area contributed by atoms with E-state index in [1.165, 1.54) is 12.8 Å². The number of hydrogen-bond donors (Lipinski definition) is 1. The zero-order valence-corrected chi connectivity index (χ0v) is 8.38. The van der Waals surface area contributed by atoms with Gasteiger partial charge in [0.1, 0.15) is 0 Å². The first-order chi connectivity index (χ1) is 5.81. The van der Waals surface area contributed by atoms with Gasteiger partial charge in [-0.1, -0.05) is 26.2 Å². The number of methoxy groups -OCH3 is 1. The summed E-state index contributed by atoms with van der Waals surface area (Å²) in [6.07, 6.45) is 6.34. The fourth-order valence-corrected chi connectivity index (χ4v) is 1.24. The SMILES string of the molecule is CCCCCC(O)CCCOC. The Kier molecular flexibility index (Phi) is 8.95. The third-order valence-corrected chi connectivity index (χ3v) is 2.03. The molecule has 0 saturated heterocycles. The van der Waals surface area contributed by atoms with E-state index in [1.54, 1.807) is 7.11 Å². The van der Waals surface area contributed by atoms with Crippen LogP contribution in [0.25, 0.3) is 0 Å². The Balaban J connectivity index is 3.04. The van der Waals surface area contributed by atoms with Gasteiger partial charge in [0.25, 0.3) is 0 Å². The number of rotatable bonds is 8. The third-order valence-electron chi connectivity index (χ3n) is 2.03. The van der Waals surface area contributed by atoms with Gasteiger partial charge in [-0.25, -0.2) is 0 Å². The lowest BCUT2D eigenvalue weighted by Gasteiger charge is -2.08. The van der Waals surface area contributed by atoms with Crippen molar-refractivity contribution in [3.63, 3.8) is 0 Å². The standard InChI is InChI=1S/C10H22O2/c1-3-4-5-7-10(11)8-6-9-12-2/h10-11H,3-9H2,1-2H3. The molecule has 1 unspecified atom stereocenters. The molecule has 1 N–H and O–H groups in total. The molecule has 0 amide bonds. The van der Waals surface area contributed by atoms with Crippen molar-refractivity contribution in [2.75, 3.05) is 13.7 Å². The minimum absolute atomic E-state index is 0.105. The van der Waals surface area contributed by atoms with E-state index in [4.69, 9.17) is 4.74 Å². The second kappa shape index (κ2) is 9.01. The van der Waals surface area contributed by atoms with Crippen LogP contribution in [0, 0.1) is 0 Å². The molecular formula is C10H22O2. The van der Waals surface area contributed by atoms with E-state index in [1.807, 2.05) is 0 Å². The first kappa shape index (κ1) is 11.9. The molecule has 0 aromatic heterocycles. The summed E-state index contributed by atoms with van der Waals surface area (Å²) < 4.78 is 4.91. The number of ether oxygens (including phenoxy) is 1. The third kappa shape index (κ3) is 8.02. The van der Waals surface area contributed by atoms with E-state index in [2.05, 4.69) is 6.92 Å². The van der Waals surface area contributed by atoms with Crippen LogP contribution in [0.5, 0.6) is 0 Å². The molecule has 1 atom stereocenters. The smallest absolute Gasteiger partial charge is 0.0541 e. The average Bonchev–Trinajstić information content (AvgIpc) is 2.06. The van der Waals surface area contributed by atoms with Crippen molar-refractivity contribution < 1.29 is 9.84 Å². The zero-order chi connectivity index (χ0) is 9.23. The first-order valence-corrected chi connectivity index (χ1v) is 4.98. The molecule has 0 aliphatic heterocycles. The highest BCUT2D eigenvalue weighted by atomic mass is 16.5. The Bertz CT molecular complexity index is 73.9. The maximum Gasteiger partial charge on any atom is 0.0541 e. The summed E-state index contributed by atoms with van der Waals surface area (Å²) in [7, 11) is 1.70. The highest BCUT2D eigenvalue weighted by molar-refractivity contribution is 4.55. The van der Waals surface area contributed by atoms with Crippen LogP contribution in [-0.2, 0) is 4.74 Å². The van der Waals surface area contributed by atoms with Gasteiger partial charge in [-0.2, -0.15) is 0 Å². The Labute approximate surface area is 75.9 Å². The largest absolute Gasteiger partial charge is 0.393 e. The van der Waals surface area contributed by atoms with Crippen molar-refractivity contribution in [2.45, 2.75) is 51.6 Å². The normalized spacial score (nSPS) is 13.2. The van der Waals surface area contributed by atoms with Gasteiger partial charge in [-0.15, -0.1) is 0 Å². The minimum Gasteiger partial charge on any atom is -0.393 e. The van der Waals surface area contributed by atoms with Crippen molar-refractivity contribution in [1.82, 2.24) is 0 Å². The van der Waals surface area contributed by atoms with E-state index >= 15 is 0 Å². The molecule has 0 radical (unpaired) electrons. The molecule has 0 fully saturated rings. The van der Waals surface area contributed by atoms with Crippen LogP contribution in [-0.4, -0.2) is 24.9 Å². The van der Waals surface area contributed by atoms with E-state index in [0.717, 1.165) is 32.3 Å². The van der Waals surface area contributed by atoms with Crippen LogP contribution in [0.15, 0.2) is 0 Å². The highest BCUT2D eigenvalue weighted by Crippen LogP contribution is 2.07. The Hall–Kier alpha value is -0.0800. The molecule has 2 heteroatoms. The maximum absolute atomic E-state index is 9.45. The van der Waals surface area contributed by atoms with Gasteiger partial charge in [-0.05, 0) is 19.3 Å². The van der Waals surface area contributed by atoms with Crippen LogP contribution in [0.2, 0.25) is 0 Å². The summed E-state index contributed by atoms with van der Waals surface area (Å²) in [5.74, 6) is 0. The lowest BCUT2D eigenvalue weighted by atomic mass is 10.1. The Morgan fingerprint density at radius 3 is 2.42 bits per heavy atom. The molecule has 0 aliphatic carbocycles. The molecule has 2 nitrogen and oxygen atoms in total. The molecule has 0 aliphatic rings. The number of unbranched alkanes of at least 4 members (excludes halogenated alkanes) is 2. The summed E-state index contributed by atoms with van der Waals surface area (Å²) in [6.45, 7) is 2.95. The maximum atomic E-state index is 9.45. The van der Waals surface area contributed by atoms with Crippen LogP contribution in [0.3, 0.4) is 0 Å². The van der Waals surface area contributed by atoms with Crippen molar-refractivity contribution in [2.24, 2.45) is 0 Å². The fraction of sp³-hybridized carbons (Fsp3) is 1.00. The average molecular weight is 174 g/mol. The monoisotopic (exact) mass is 174 g/mol. The molecule has 0 saturated carbocycles. The van der Waals surface area contributed by atoms with Crippen molar-refractivity contribution in [3.05, 3.63) is 0 Å². The van der Waals surface area contributed by atoms with E-state index < -0.39 is 0 Å². The zero-order valence-electron chi connectivity index (χ0n) is 8.38. The van der Waals surface area contributed by atoms with Gasteiger partial charge < -0.3 is 9.84 Å². The lowest BCUT2D eigenvalue weighted by molar-refractivity contribution is 0.126. The minimum atomic E-state index is -0.105. The predicted octanol–water partition coefficient (Wildman–Crippen LogP) is 2.35. The molecule has 0 aromatic carbocycles. The van der Waals surface area contributed by atoms with Crippen molar-refractivity contribution in [1.29, 1.82) is 0 Å². The summed E-state index contributed by atoms with van der Waals surface area (Å²) in [5.41, 5.74) is 0. The number of aliphatic hydroxyl groups excluding tert-OH is 1. The molecule has 0 bridgehead atoms. The molecule has 0 spiro atoms. The van der Waals surface area contributed by atoms with Crippen LogP contribution >= 0.6 is 0 Å². The van der Waals surface area contributed by atoms with Gasteiger partial charge in [-0.3, -0.25) is 0 Å². The predicted molar refractivity (Wildman–Crippen MR) is 51.3 cm³/mol. The van der Waals surface area contributed by atoms with Gasteiger partial charge in [0, 0.05) is 13.7 Å². The molecular weight excluding hydrogens is 152 g/mol. The van der Waals surface area contributed by atoms with Gasteiger partial charge in [0.2, 0.25) is 0 Å². The van der Waals surface area contributed by atoms with E-state index in [0.29, 0.717) is 0 Å². The highest BCUT2D eigenvalue weighted by Gasteiger charge is 2.02. The fourth-order valence-electron chi connectivity index (χ4n) is 1.24. The topological polar surface area (TPSA) is 29.5 Å². The number of aliphatic hydroxyl groups is 1. The summed E-state index contributed by atoms with van der Waals surface area (Å²) in [6, 6.07) is 0. The molecule has 12 heavy (non-hydrogen) atoms. The van der Waals surface area contributed by atoms with Gasteiger partial charge >= 0.3 is 0 Å². The van der Waals surface area contributed by atoms with Crippen LogP contribution in [0.4, 0.5) is 0 Å². The molecule has 0 aromatic rings. The van der Waals surface area contributed by atoms with Crippen LogP contribution < -0.4 is 0 Å². The number of hydrogen-bond acceptors (Lipinski definition) is 2. The second-order valence-corrected chi connectivity index (χ2v) is 3.28. The van der Waals surface area contributed by atoms with E-state index in [9.17, 15) is 5.11 Å². The van der Waals surface area contributed by atoms with E-state index in [-0.39, 0.29) is 6.10 Å². The first-order valence-electron chi connectivity index (χ1n) is 4.98. The molecule has 74 valence electrons. The van der Waals surface area contributed by atoms with Gasteiger partial charge in [0.15, 0.2) is 0 Å². The lowest BCUT2D eigenvalue weighted by Crippen LogP contribution is -2.07. The Morgan fingerprint density at radius 1 is 1.17 bits per heavy atom. The Morgan fingerprint density at radius 2 is 1.83 bits per heavy atom. The van der Waals surface area contributed by atoms with Crippen molar-refractivity contribution >= 4 is 0 Å². The quantitative estimate of drug-likeness (QED) is 0.572. The second-order valence-electron chi connectivity index (χ2n) is 3.28. The molecule has 0 rings (SSSR count). The van der Waals surface area contributed by atoms with Crippen LogP contribution in [0.1, 0.15) is 45.4 Å².